The van der Waals surface area contributed by atoms with E-state index in [-0.39, 0.29) is 6.61 Å². The van der Waals surface area contributed by atoms with Crippen LogP contribution in [0.5, 0.6) is 0 Å². The molecule has 4 nitrogen and oxygen atoms in total. The van der Waals surface area contributed by atoms with Gasteiger partial charge in [0.15, 0.2) is 0 Å². The van der Waals surface area contributed by atoms with E-state index in [1.54, 1.807) is 0 Å². The van der Waals surface area contributed by atoms with E-state index < -0.39 is 12.3 Å². The molecule has 0 bridgehead atoms. The second kappa shape index (κ2) is 14.2. The normalized spacial score (nSPS) is 13.7. The zero-order valence-corrected chi connectivity index (χ0v) is 14.1. The minimum atomic E-state index is -0.671. The Morgan fingerprint density at radius 2 is 1.67 bits per heavy atom. The molecule has 0 fully saturated rings. The zero-order valence-electron chi connectivity index (χ0n) is 14.1. The van der Waals surface area contributed by atoms with E-state index in [0.717, 1.165) is 18.8 Å². The topological polar surface area (TPSA) is 55.8 Å². The van der Waals surface area contributed by atoms with Crippen molar-refractivity contribution in [3.63, 3.8) is 0 Å². The Morgan fingerprint density at radius 3 is 2.29 bits per heavy atom. The number of ether oxygens (including phenoxy) is 2. The lowest BCUT2D eigenvalue weighted by molar-refractivity contribution is 0.0173. The van der Waals surface area contributed by atoms with Crippen LogP contribution in [0, 0.1) is 5.92 Å². The molecule has 0 spiro atoms. The van der Waals surface area contributed by atoms with Crippen molar-refractivity contribution in [2.75, 3.05) is 13.2 Å². The van der Waals surface area contributed by atoms with Gasteiger partial charge in [-0.1, -0.05) is 59.3 Å². The SMILES string of the molecule is CCCCCCC(C)CCCCOC(=O)OCC(O)CC. The van der Waals surface area contributed by atoms with Crippen LogP contribution in [0.15, 0.2) is 0 Å². The summed E-state index contributed by atoms with van der Waals surface area (Å²) in [4.78, 5) is 11.2. The quantitative estimate of drug-likeness (QED) is 0.396. The molecule has 21 heavy (non-hydrogen) atoms. The van der Waals surface area contributed by atoms with Gasteiger partial charge in [0.05, 0.1) is 12.7 Å². The van der Waals surface area contributed by atoms with Crippen LogP contribution >= 0.6 is 0 Å². The summed E-state index contributed by atoms with van der Waals surface area (Å²) >= 11 is 0. The van der Waals surface area contributed by atoms with E-state index in [0.29, 0.717) is 13.0 Å². The molecular formula is C17H34O4. The first-order chi connectivity index (χ1) is 10.1. The molecule has 0 aliphatic rings. The maximum atomic E-state index is 11.2. The first-order valence-corrected chi connectivity index (χ1v) is 8.57. The molecule has 0 saturated carbocycles. The molecule has 1 N–H and O–H groups in total. The molecule has 2 unspecified atom stereocenters. The predicted octanol–water partition coefficient (Wildman–Crippen LogP) is 4.69. The summed E-state index contributed by atoms with van der Waals surface area (Å²) < 4.78 is 9.75. The van der Waals surface area contributed by atoms with E-state index in [1.807, 2.05) is 6.92 Å². The van der Waals surface area contributed by atoms with Gasteiger partial charge in [-0.3, -0.25) is 0 Å². The van der Waals surface area contributed by atoms with E-state index in [2.05, 4.69) is 13.8 Å². The van der Waals surface area contributed by atoms with Crippen molar-refractivity contribution < 1.29 is 19.4 Å². The number of carbonyl (C=O) groups is 1. The third kappa shape index (κ3) is 13.9. The fourth-order valence-corrected chi connectivity index (χ4v) is 2.14. The molecular weight excluding hydrogens is 268 g/mol. The second-order valence-electron chi connectivity index (χ2n) is 5.92. The van der Waals surface area contributed by atoms with Gasteiger partial charge >= 0.3 is 6.16 Å². The summed E-state index contributed by atoms with van der Waals surface area (Å²) in [6, 6.07) is 0. The molecule has 0 aromatic heterocycles. The van der Waals surface area contributed by atoms with Crippen molar-refractivity contribution in [2.45, 2.75) is 84.7 Å². The van der Waals surface area contributed by atoms with E-state index in [4.69, 9.17) is 9.47 Å². The molecule has 0 aliphatic carbocycles. The molecule has 0 heterocycles. The lowest BCUT2D eigenvalue weighted by atomic mass is 9.97. The number of rotatable bonds is 13. The Hall–Kier alpha value is -0.770. The summed E-state index contributed by atoms with van der Waals surface area (Å²) in [6.07, 6.45) is 9.08. The van der Waals surface area contributed by atoms with Crippen LogP contribution in [0.3, 0.4) is 0 Å². The van der Waals surface area contributed by atoms with Gasteiger partial charge in [-0.25, -0.2) is 4.79 Å². The summed E-state index contributed by atoms with van der Waals surface area (Å²) in [5.41, 5.74) is 0. The van der Waals surface area contributed by atoms with Crippen LogP contribution in [-0.2, 0) is 9.47 Å². The van der Waals surface area contributed by atoms with E-state index in [9.17, 15) is 9.90 Å². The number of aliphatic hydroxyl groups is 1. The predicted molar refractivity (Wildman–Crippen MR) is 85.4 cm³/mol. The molecule has 0 aliphatic heterocycles. The van der Waals surface area contributed by atoms with Crippen LogP contribution in [0.1, 0.15) is 78.6 Å². The van der Waals surface area contributed by atoms with Crippen molar-refractivity contribution >= 4 is 6.16 Å². The minimum absolute atomic E-state index is 0.0180. The molecule has 0 saturated heterocycles. The van der Waals surface area contributed by atoms with Gasteiger partial charge in [0.25, 0.3) is 0 Å². The van der Waals surface area contributed by atoms with Crippen molar-refractivity contribution in [1.82, 2.24) is 0 Å². The molecule has 0 aromatic rings. The molecule has 2 atom stereocenters. The fourth-order valence-electron chi connectivity index (χ4n) is 2.14. The molecule has 126 valence electrons. The largest absolute Gasteiger partial charge is 0.508 e. The summed E-state index contributed by atoms with van der Waals surface area (Å²) in [6.45, 7) is 6.79. The van der Waals surface area contributed by atoms with E-state index in [1.165, 1.54) is 38.5 Å². The lowest BCUT2D eigenvalue weighted by Gasteiger charge is -2.11. The standard InChI is InChI=1S/C17H34O4/c1-4-6-7-8-11-15(3)12-9-10-13-20-17(19)21-14-16(18)5-2/h15-16,18H,4-14H2,1-3H3. The highest BCUT2D eigenvalue weighted by atomic mass is 16.7. The van der Waals surface area contributed by atoms with Gasteiger partial charge in [0.1, 0.15) is 6.61 Å². The average Bonchev–Trinajstić information content (AvgIpc) is 2.48. The van der Waals surface area contributed by atoms with Crippen LogP contribution in [0.25, 0.3) is 0 Å². The van der Waals surface area contributed by atoms with Gasteiger partial charge in [0.2, 0.25) is 0 Å². The highest BCUT2D eigenvalue weighted by Gasteiger charge is 2.08. The van der Waals surface area contributed by atoms with Crippen LogP contribution < -0.4 is 0 Å². The maximum absolute atomic E-state index is 11.2. The van der Waals surface area contributed by atoms with Gasteiger partial charge < -0.3 is 14.6 Å². The Bertz CT molecular complexity index is 243. The maximum Gasteiger partial charge on any atom is 0.508 e. The monoisotopic (exact) mass is 302 g/mol. The highest BCUT2D eigenvalue weighted by molar-refractivity contribution is 5.59. The van der Waals surface area contributed by atoms with Crippen LogP contribution in [0.4, 0.5) is 4.79 Å². The Morgan fingerprint density at radius 1 is 1.00 bits per heavy atom. The van der Waals surface area contributed by atoms with Gasteiger partial charge in [-0.2, -0.15) is 0 Å². The smallest absolute Gasteiger partial charge is 0.434 e. The number of hydrogen-bond acceptors (Lipinski definition) is 4. The van der Waals surface area contributed by atoms with Crippen molar-refractivity contribution in [3.05, 3.63) is 0 Å². The Kier molecular flexibility index (Phi) is 13.7. The van der Waals surface area contributed by atoms with Crippen LogP contribution in [0.2, 0.25) is 0 Å². The number of aliphatic hydroxyl groups excluding tert-OH is 1. The molecule has 0 aromatic carbocycles. The van der Waals surface area contributed by atoms with Crippen LogP contribution in [-0.4, -0.2) is 30.6 Å². The van der Waals surface area contributed by atoms with Gasteiger partial charge in [-0.15, -0.1) is 0 Å². The molecule has 0 radical (unpaired) electrons. The molecule has 0 amide bonds. The average molecular weight is 302 g/mol. The summed E-state index contributed by atoms with van der Waals surface area (Å²) in [7, 11) is 0. The minimum Gasteiger partial charge on any atom is -0.434 e. The summed E-state index contributed by atoms with van der Waals surface area (Å²) in [5, 5.41) is 9.25. The first kappa shape index (κ1) is 20.2. The number of unbranched alkanes of at least 4 members (excludes halogenated alkanes) is 4. The summed E-state index contributed by atoms with van der Waals surface area (Å²) in [5.74, 6) is 0.758. The van der Waals surface area contributed by atoms with E-state index >= 15 is 0 Å². The van der Waals surface area contributed by atoms with Crippen molar-refractivity contribution in [3.8, 4) is 0 Å². The van der Waals surface area contributed by atoms with Gasteiger partial charge in [-0.05, 0) is 25.2 Å². The fraction of sp³-hybridized carbons (Fsp3) is 0.941. The van der Waals surface area contributed by atoms with Gasteiger partial charge in [0, 0.05) is 0 Å². The Labute approximate surface area is 130 Å². The zero-order chi connectivity index (χ0) is 15.9. The number of hydrogen-bond donors (Lipinski definition) is 1. The molecule has 4 heteroatoms. The first-order valence-electron chi connectivity index (χ1n) is 8.57. The highest BCUT2D eigenvalue weighted by Crippen LogP contribution is 2.16. The third-order valence-corrected chi connectivity index (χ3v) is 3.73. The number of carbonyl (C=O) groups excluding carboxylic acids is 1. The van der Waals surface area contributed by atoms with Crippen molar-refractivity contribution in [1.29, 1.82) is 0 Å². The third-order valence-electron chi connectivity index (χ3n) is 3.73. The lowest BCUT2D eigenvalue weighted by Crippen LogP contribution is -2.18. The second-order valence-corrected chi connectivity index (χ2v) is 5.92. The van der Waals surface area contributed by atoms with Crippen molar-refractivity contribution in [2.24, 2.45) is 5.92 Å². The molecule has 0 rings (SSSR count). The Balaban J connectivity index is 3.36.